The Labute approximate surface area is 167 Å². The van der Waals surface area contributed by atoms with Gasteiger partial charge in [0.1, 0.15) is 23.7 Å². The first kappa shape index (κ1) is 19.6. The molecule has 28 heavy (non-hydrogen) atoms. The van der Waals surface area contributed by atoms with Gasteiger partial charge in [-0.1, -0.05) is 11.1 Å². The van der Waals surface area contributed by atoms with Gasteiger partial charge in [0.05, 0.1) is 0 Å². The van der Waals surface area contributed by atoms with Gasteiger partial charge in [0.15, 0.2) is 5.13 Å². The van der Waals surface area contributed by atoms with Crippen LogP contribution in [0.1, 0.15) is 12.7 Å². The summed E-state index contributed by atoms with van der Waals surface area (Å²) in [5, 5.41) is 15.2. The number of oxime groups is 1. The van der Waals surface area contributed by atoms with Crippen molar-refractivity contribution >= 4 is 51.9 Å². The molecule has 0 spiro atoms. The summed E-state index contributed by atoms with van der Waals surface area (Å²) < 4.78 is 3.92. The molecule has 2 unspecified atom stereocenters. The minimum Gasteiger partial charge on any atom is -0.477 e. The zero-order valence-electron chi connectivity index (χ0n) is 14.4. The number of carbonyl (C=O) groups is 3. The van der Waals surface area contributed by atoms with Crippen LogP contribution in [0.5, 0.6) is 0 Å². The average molecular weight is 422 g/mol. The zero-order chi connectivity index (χ0) is 20.4. The van der Waals surface area contributed by atoms with Gasteiger partial charge in [0.25, 0.3) is 11.8 Å². The number of fused-ring (bicyclic) bond motifs is 1. The number of nitrogens with two attached hydrogens (primary N) is 1. The van der Waals surface area contributed by atoms with E-state index in [1.807, 2.05) is 0 Å². The molecular formula is C15H14N6O5S2. The number of carbonyl (C=O) groups excluding carboxylic acids is 2. The van der Waals surface area contributed by atoms with E-state index in [1.54, 1.807) is 6.92 Å². The number of carboxylic acid groups (broad SMARTS) is 1. The van der Waals surface area contributed by atoms with Crippen LogP contribution in [0, 0.1) is 12.3 Å². The lowest BCUT2D eigenvalue weighted by molar-refractivity contribution is -0.150. The molecule has 0 saturated carbocycles. The van der Waals surface area contributed by atoms with Crippen LogP contribution in [0.4, 0.5) is 5.13 Å². The summed E-state index contributed by atoms with van der Waals surface area (Å²) in [6, 6.07) is -0.950. The van der Waals surface area contributed by atoms with E-state index in [0.29, 0.717) is 0 Å². The Morgan fingerprint density at radius 2 is 2.32 bits per heavy atom. The number of nitrogens with one attached hydrogen (secondary N) is 1. The molecule has 0 aliphatic carbocycles. The molecule has 0 aromatic carbocycles. The highest BCUT2D eigenvalue weighted by molar-refractivity contribution is 8.00. The maximum Gasteiger partial charge on any atom is 0.353 e. The first-order valence-corrected chi connectivity index (χ1v) is 9.69. The monoisotopic (exact) mass is 422 g/mol. The first-order valence-electron chi connectivity index (χ1n) is 7.87. The van der Waals surface area contributed by atoms with Crippen LogP contribution in [-0.2, 0) is 19.2 Å². The number of anilines is 1. The SMILES string of the molecule is C#CC1=C(C(=O)O)N2C(=O)C(NC(=O)/C(=N/OCC)c3nsc(N)n3)C2SC1. The van der Waals surface area contributed by atoms with E-state index in [2.05, 4.69) is 25.8 Å². The number of nitrogen functional groups attached to an aromatic ring is 1. The maximum absolute atomic E-state index is 12.6. The molecule has 4 N–H and O–H groups in total. The summed E-state index contributed by atoms with van der Waals surface area (Å²) in [5.74, 6) is -0.121. The van der Waals surface area contributed by atoms with Gasteiger partial charge < -0.3 is 21.0 Å². The Morgan fingerprint density at radius 1 is 1.57 bits per heavy atom. The van der Waals surface area contributed by atoms with Crippen molar-refractivity contribution in [2.45, 2.75) is 18.3 Å². The lowest BCUT2D eigenvalue weighted by atomic mass is 10.0. The molecule has 0 radical (unpaired) electrons. The summed E-state index contributed by atoms with van der Waals surface area (Å²) in [6.45, 7) is 1.88. The summed E-state index contributed by atoms with van der Waals surface area (Å²) in [6.07, 6.45) is 5.33. The van der Waals surface area contributed by atoms with Gasteiger partial charge in [-0.25, -0.2) is 4.79 Å². The number of thioether (sulfide) groups is 1. The fourth-order valence-electron chi connectivity index (χ4n) is 2.58. The number of aromatic nitrogens is 2. The Balaban J connectivity index is 1.80. The highest BCUT2D eigenvalue weighted by Gasteiger charge is 2.54. The maximum atomic E-state index is 12.6. The number of hydrogen-bond donors (Lipinski definition) is 3. The Kier molecular flexibility index (Phi) is 5.52. The third kappa shape index (κ3) is 3.39. The molecule has 2 amide bonds. The van der Waals surface area contributed by atoms with Crippen LogP contribution in [0.15, 0.2) is 16.4 Å². The summed E-state index contributed by atoms with van der Waals surface area (Å²) in [7, 11) is 0. The Bertz CT molecular complexity index is 949. The fraction of sp³-hybridized carbons (Fsp3) is 0.333. The second kappa shape index (κ2) is 7.87. The van der Waals surface area contributed by atoms with Crippen molar-refractivity contribution in [2.75, 3.05) is 18.1 Å². The number of amides is 2. The van der Waals surface area contributed by atoms with Crippen molar-refractivity contribution in [2.24, 2.45) is 5.16 Å². The summed E-state index contributed by atoms with van der Waals surface area (Å²) in [5.41, 5.74) is 5.28. The van der Waals surface area contributed by atoms with Crippen LogP contribution in [-0.4, -0.2) is 66.6 Å². The minimum atomic E-state index is -1.29. The molecule has 146 valence electrons. The number of carboxylic acids is 1. The van der Waals surface area contributed by atoms with E-state index >= 15 is 0 Å². The molecule has 1 aromatic rings. The van der Waals surface area contributed by atoms with Crippen LogP contribution in [0.25, 0.3) is 0 Å². The molecule has 1 fully saturated rings. The molecule has 2 atom stereocenters. The van der Waals surface area contributed by atoms with Crippen molar-refractivity contribution in [3.05, 3.63) is 17.1 Å². The molecule has 0 bridgehead atoms. The van der Waals surface area contributed by atoms with Gasteiger partial charge >= 0.3 is 5.97 Å². The molecule has 1 saturated heterocycles. The standard InChI is InChI=1S/C15H14N6O5S2/c1-3-6-5-27-13-8(12(23)21(13)9(6)14(24)25)17-11(22)7(19-26-4-2)10-18-15(16)28-20-10/h1,8,13H,4-5H2,2H3,(H,17,22)(H,24,25)(H2,16,18,20)/b19-7+. The van der Waals surface area contributed by atoms with Gasteiger partial charge in [-0.05, 0) is 6.92 Å². The average Bonchev–Trinajstić information content (AvgIpc) is 3.10. The molecule has 3 rings (SSSR count). The van der Waals surface area contributed by atoms with Gasteiger partial charge in [-0.3, -0.25) is 14.5 Å². The van der Waals surface area contributed by atoms with Crippen LogP contribution < -0.4 is 11.1 Å². The van der Waals surface area contributed by atoms with E-state index < -0.39 is 29.2 Å². The third-order valence-corrected chi connectivity index (χ3v) is 5.61. The van der Waals surface area contributed by atoms with Gasteiger partial charge in [0, 0.05) is 22.9 Å². The third-order valence-electron chi connectivity index (χ3n) is 3.79. The van der Waals surface area contributed by atoms with Gasteiger partial charge in [-0.2, -0.15) is 9.36 Å². The van der Waals surface area contributed by atoms with E-state index in [1.165, 1.54) is 11.8 Å². The second-order valence-corrected chi connectivity index (χ2v) is 7.34. The number of β-lactam (4-membered cyclic amide) rings is 1. The van der Waals surface area contributed by atoms with Gasteiger partial charge in [0.2, 0.25) is 11.5 Å². The van der Waals surface area contributed by atoms with Crippen LogP contribution >= 0.6 is 23.3 Å². The fourth-order valence-corrected chi connectivity index (χ4v) is 4.31. The highest BCUT2D eigenvalue weighted by Crippen LogP contribution is 2.40. The number of nitrogens with zero attached hydrogens (tertiary/aromatic N) is 4. The number of rotatable bonds is 6. The van der Waals surface area contributed by atoms with Crippen molar-refractivity contribution in [1.82, 2.24) is 19.6 Å². The summed E-state index contributed by atoms with van der Waals surface area (Å²) >= 11 is 2.13. The van der Waals surface area contributed by atoms with Gasteiger partial charge in [-0.15, -0.1) is 18.2 Å². The quantitative estimate of drug-likeness (QED) is 0.231. The highest BCUT2D eigenvalue weighted by atomic mass is 32.2. The second-order valence-electron chi connectivity index (χ2n) is 5.45. The lowest BCUT2D eigenvalue weighted by Crippen LogP contribution is -2.71. The van der Waals surface area contributed by atoms with E-state index in [4.69, 9.17) is 17.0 Å². The van der Waals surface area contributed by atoms with Crippen molar-refractivity contribution in [1.29, 1.82) is 0 Å². The molecule has 2 aliphatic rings. The topological polar surface area (TPSA) is 160 Å². The Morgan fingerprint density at radius 3 is 2.89 bits per heavy atom. The Hall–Kier alpha value is -3.11. The van der Waals surface area contributed by atoms with Crippen molar-refractivity contribution < 1.29 is 24.3 Å². The predicted octanol–water partition coefficient (Wildman–Crippen LogP) is -0.767. The zero-order valence-corrected chi connectivity index (χ0v) is 16.0. The van der Waals surface area contributed by atoms with E-state index in [9.17, 15) is 19.5 Å². The molecule has 1 aromatic heterocycles. The normalized spacial score (nSPS) is 21.5. The van der Waals surface area contributed by atoms with E-state index in [0.717, 1.165) is 16.4 Å². The summed E-state index contributed by atoms with van der Waals surface area (Å²) in [4.78, 5) is 46.5. The van der Waals surface area contributed by atoms with Crippen molar-refractivity contribution in [3.63, 3.8) is 0 Å². The molecule has 11 nitrogen and oxygen atoms in total. The van der Waals surface area contributed by atoms with Crippen LogP contribution in [0.3, 0.4) is 0 Å². The predicted molar refractivity (Wildman–Crippen MR) is 101 cm³/mol. The largest absolute Gasteiger partial charge is 0.477 e. The number of terminal acetylenes is 1. The molecular weight excluding hydrogens is 408 g/mol. The number of aliphatic carboxylic acids is 1. The molecule has 13 heteroatoms. The number of hydrogen-bond acceptors (Lipinski definition) is 10. The molecule has 2 aliphatic heterocycles. The van der Waals surface area contributed by atoms with E-state index in [-0.39, 0.29) is 40.3 Å². The smallest absolute Gasteiger partial charge is 0.353 e. The van der Waals surface area contributed by atoms with Crippen molar-refractivity contribution in [3.8, 4) is 12.3 Å². The minimum absolute atomic E-state index is 0.0332. The lowest BCUT2D eigenvalue weighted by Gasteiger charge is -2.48. The first-order chi connectivity index (χ1) is 13.4. The van der Waals surface area contributed by atoms with Crippen LogP contribution in [0.2, 0.25) is 0 Å². The molecule has 3 heterocycles.